The molecule has 2 bridgehead atoms. The second kappa shape index (κ2) is 6.88. The number of ketones is 1. The maximum Gasteiger partial charge on any atom is 0.411 e. The van der Waals surface area contributed by atoms with Crippen LogP contribution >= 0.6 is 0 Å². The van der Waals surface area contributed by atoms with Gasteiger partial charge in [0.15, 0.2) is 5.78 Å². The lowest BCUT2D eigenvalue weighted by atomic mass is 9.91. The Morgan fingerprint density at radius 2 is 1.62 bits per heavy atom. The predicted octanol–water partition coefficient (Wildman–Crippen LogP) is 2.97. The molecule has 3 aliphatic rings. The normalized spacial score (nSPS) is 28.0. The first-order chi connectivity index (χ1) is 14.1. The summed E-state index contributed by atoms with van der Waals surface area (Å²) in [5, 5.41) is 0. The van der Waals surface area contributed by atoms with Gasteiger partial charge >= 0.3 is 6.09 Å². The minimum Gasteiger partial charge on any atom is -0.447 e. The topological polar surface area (TPSA) is 66.9 Å². The molecule has 5 rings (SSSR count). The number of cyclic esters (lactones) is 1. The molecule has 3 heterocycles. The fraction of sp³-hybridized carbons (Fsp3) is 0.261. The Hall–Kier alpha value is -3.41. The Morgan fingerprint density at radius 1 is 0.931 bits per heavy atom. The zero-order valence-corrected chi connectivity index (χ0v) is 15.7. The van der Waals surface area contributed by atoms with Crippen molar-refractivity contribution >= 4 is 17.8 Å². The van der Waals surface area contributed by atoms with Crippen LogP contribution in [-0.4, -0.2) is 52.3 Å². The minimum absolute atomic E-state index is 0.0399. The van der Waals surface area contributed by atoms with Gasteiger partial charge in [0.05, 0.1) is 18.1 Å². The number of Topliss-reactive ketones (excluding diaryl/α,β-unsaturated/α-hetero) is 1. The molecule has 0 unspecified atom stereocenters. The molecule has 2 fully saturated rings. The SMILES string of the molecule is O=C1C[C@H]2C=C[C@@H]([C@H]1N1C(=O)OC[C@H]1c1ccccc1)N2C(=O)c1ccccc1. The molecule has 0 N–H and O–H groups in total. The number of amides is 2. The van der Waals surface area contributed by atoms with Gasteiger partial charge in [0.25, 0.3) is 5.91 Å². The molecule has 146 valence electrons. The summed E-state index contributed by atoms with van der Waals surface area (Å²) in [6.45, 7) is 0.194. The molecule has 29 heavy (non-hydrogen) atoms. The number of ether oxygens (including phenoxy) is 1. The Balaban J connectivity index is 1.50. The number of hydrogen-bond acceptors (Lipinski definition) is 4. The molecule has 6 nitrogen and oxygen atoms in total. The van der Waals surface area contributed by atoms with Gasteiger partial charge in [0, 0.05) is 12.0 Å². The highest BCUT2D eigenvalue weighted by molar-refractivity contribution is 5.99. The Kier molecular flexibility index (Phi) is 4.19. The number of hydrogen-bond donors (Lipinski definition) is 0. The van der Waals surface area contributed by atoms with Crippen LogP contribution in [-0.2, 0) is 9.53 Å². The summed E-state index contributed by atoms with van der Waals surface area (Å²) < 4.78 is 5.33. The second-order valence-corrected chi connectivity index (χ2v) is 7.55. The van der Waals surface area contributed by atoms with Crippen molar-refractivity contribution in [1.82, 2.24) is 9.80 Å². The maximum atomic E-state index is 13.2. The maximum absolute atomic E-state index is 13.2. The first-order valence-corrected chi connectivity index (χ1v) is 9.74. The Bertz CT molecular complexity index is 988. The summed E-state index contributed by atoms with van der Waals surface area (Å²) in [5.41, 5.74) is 1.49. The van der Waals surface area contributed by atoms with Crippen LogP contribution in [0.2, 0.25) is 0 Å². The van der Waals surface area contributed by atoms with Crippen LogP contribution in [0.3, 0.4) is 0 Å². The Morgan fingerprint density at radius 3 is 2.34 bits per heavy atom. The molecule has 2 aromatic rings. The molecule has 0 saturated carbocycles. The van der Waals surface area contributed by atoms with Crippen molar-refractivity contribution in [2.45, 2.75) is 30.6 Å². The standard InChI is InChI=1S/C23H20N2O4/c26-20-13-17-11-12-18(24(17)22(27)16-9-5-2-6-10-16)21(20)25-19(14-29-23(25)28)15-7-3-1-4-8-15/h1-12,17-19,21H,13-14H2/t17-,18+,19+,21-/m1/s1. The zero-order chi connectivity index (χ0) is 20.0. The van der Waals surface area contributed by atoms with Crippen molar-refractivity contribution in [1.29, 1.82) is 0 Å². The molecular formula is C23H20N2O4. The predicted molar refractivity (Wildman–Crippen MR) is 105 cm³/mol. The van der Waals surface area contributed by atoms with E-state index in [0.29, 0.717) is 5.56 Å². The lowest BCUT2D eigenvalue weighted by Crippen LogP contribution is -2.61. The van der Waals surface area contributed by atoms with E-state index in [1.54, 1.807) is 17.0 Å². The van der Waals surface area contributed by atoms with E-state index in [9.17, 15) is 14.4 Å². The molecule has 2 aromatic carbocycles. The van der Waals surface area contributed by atoms with Gasteiger partial charge in [0.1, 0.15) is 12.6 Å². The zero-order valence-electron chi connectivity index (χ0n) is 15.7. The number of piperidine rings is 1. The lowest BCUT2D eigenvalue weighted by Gasteiger charge is -2.43. The van der Waals surface area contributed by atoms with Crippen LogP contribution in [0.25, 0.3) is 0 Å². The number of nitrogens with zero attached hydrogens (tertiary/aromatic N) is 2. The molecule has 2 saturated heterocycles. The van der Waals surface area contributed by atoms with E-state index < -0.39 is 18.2 Å². The van der Waals surface area contributed by atoms with Crippen LogP contribution in [0.5, 0.6) is 0 Å². The van der Waals surface area contributed by atoms with E-state index in [0.717, 1.165) is 5.56 Å². The first kappa shape index (κ1) is 17.7. The van der Waals surface area contributed by atoms with Crippen molar-refractivity contribution < 1.29 is 19.1 Å². The summed E-state index contributed by atoms with van der Waals surface area (Å²) in [4.78, 5) is 42.1. The fourth-order valence-corrected chi connectivity index (χ4v) is 4.60. The van der Waals surface area contributed by atoms with Gasteiger partial charge in [-0.05, 0) is 17.7 Å². The fourth-order valence-electron chi connectivity index (χ4n) is 4.60. The average Bonchev–Trinajstić information content (AvgIpc) is 3.29. The minimum atomic E-state index is -0.752. The highest BCUT2D eigenvalue weighted by Gasteiger charge is 2.53. The average molecular weight is 388 g/mol. The smallest absolute Gasteiger partial charge is 0.411 e. The van der Waals surface area contributed by atoms with Crippen molar-refractivity contribution in [2.75, 3.05) is 6.61 Å². The van der Waals surface area contributed by atoms with E-state index in [2.05, 4.69) is 0 Å². The molecule has 4 atom stereocenters. The van der Waals surface area contributed by atoms with Crippen LogP contribution in [0.4, 0.5) is 4.79 Å². The molecule has 0 aromatic heterocycles. The lowest BCUT2D eigenvalue weighted by molar-refractivity contribution is -0.128. The van der Waals surface area contributed by atoms with E-state index in [1.165, 1.54) is 4.90 Å². The number of fused-ring (bicyclic) bond motifs is 2. The van der Waals surface area contributed by atoms with Crippen molar-refractivity contribution in [2.24, 2.45) is 0 Å². The first-order valence-electron chi connectivity index (χ1n) is 9.74. The number of carbonyl (C=O) groups is 3. The highest BCUT2D eigenvalue weighted by Crippen LogP contribution is 2.38. The second-order valence-electron chi connectivity index (χ2n) is 7.55. The largest absolute Gasteiger partial charge is 0.447 e. The van der Waals surface area contributed by atoms with E-state index in [-0.39, 0.29) is 36.8 Å². The monoisotopic (exact) mass is 388 g/mol. The highest BCUT2D eigenvalue weighted by atomic mass is 16.6. The number of benzene rings is 2. The summed E-state index contributed by atoms with van der Waals surface area (Å²) in [5.74, 6) is -0.172. The van der Waals surface area contributed by atoms with E-state index in [4.69, 9.17) is 4.74 Å². The quantitative estimate of drug-likeness (QED) is 0.759. The van der Waals surface area contributed by atoms with Gasteiger partial charge in [0.2, 0.25) is 0 Å². The third-order valence-corrected chi connectivity index (χ3v) is 5.92. The van der Waals surface area contributed by atoms with E-state index >= 15 is 0 Å². The summed E-state index contributed by atoms with van der Waals surface area (Å²) in [6, 6.07) is 16.7. The molecule has 2 amide bonds. The van der Waals surface area contributed by atoms with Crippen LogP contribution in [0.15, 0.2) is 72.8 Å². The summed E-state index contributed by atoms with van der Waals surface area (Å²) in [6.07, 6.45) is 3.47. The van der Waals surface area contributed by atoms with Crippen LogP contribution < -0.4 is 0 Å². The molecule has 6 heteroatoms. The van der Waals surface area contributed by atoms with Gasteiger partial charge in [-0.3, -0.25) is 14.5 Å². The molecule has 3 aliphatic heterocycles. The Labute approximate surface area is 168 Å². The van der Waals surface area contributed by atoms with Gasteiger partial charge in [-0.1, -0.05) is 60.7 Å². The summed E-state index contributed by atoms with van der Waals surface area (Å²) in [7, 11) is 0. The van der Waals surface area contributed by atoms with Crippen LogP contribution in [0, 0.1) is 0 Å². The third kappa shape index (κ3) is 2.83. The number of rotatable bonds is 3. The van der Waals surface area contributed by atoms with Gasteiger partial charge in [-0.25, -0.2) is 4.79 Å². The summed E-state index contributed by atoms with van der Waals surface area (Å²) >= 11 is 0. The van der Waals surface area contributed by atoms with Crippen molar-refractivity contribution in [3.63, 3.8) is 0 Å². The third-order valence-electron chi connectivity index (χ3n) is 5.92. The van der Waals surface area contributed by atoms with E-state index in [1.807, 2.05) is 60.7 Å². The number of carbonyl (C=O) groups excluding carboxylic acids is 3. The van der Waals surface area contributed by atoms with Crippen molar-refractivity contribution in [3.05, 3.63) is 83.9 Å². The molecule has 0 radical (unpaired) electrons. The van der Waals surface area contributed by atoms with Gasteiger partial charge in [-0.2, -0.15) is 0 Å². The van der Waals surface area contributed by atoms with Crippen LogP contribution in [0.1, 0.15) is 28.4 Å². The van der Waals surface area contributed by atoms with Gasteiger partial charge < -0.3 is 9.64 Å². The molecule has 0 spiro atoms. The molecule has 0 aliphatic carbocycles. The molecular weight excluding hydrogens is 368 g/mol. The van der Waals surface area contributed by atoms with Gasteiger partial charge in [-0.15, -0.1) is 0 Å². The van der Waals surface area contributed by atoms with Crippen molar-refractivity contribution in [3.8, 4) is 0 Å².